The number of halogens is 2. The average molecular weight is 256 g/mol. The standard InChI is InChI=1S/C12H11ClFNO2/c1-6(2)12(16)17-11-5-15-10-4-8(13)9(14)3-7(10)11/h3-6,15H,1-2H3. The lowest BCUT2D eigenvalue weighted by atomic mass is 10.2. The highest BCUT2D eigenvalue weighted by molar-refractivity contribution is 6.31. The highest BCUT2D eigenvalue weighted by Crippen LogP contribution is 2.30. The number of esters is 1. The van der Waals surface area contributed by atoms with Crippen LogP contribution in [0.2, 0.25) is 5.02 Å². The van der Waals surface area contributed by atoms with Crippen LogP contribution >= 0.6 is 11.6 Å². The molecule has 2 aromatic rings. The second-order valence-electron chi connectivity index (χ2n) is 4.04. The maximum absolute atomic E-state index is 13.3. The lowest BCUT2D eigenvalue weighted by Crippen LogP contribution is -2.14. The summed E-state index contributed by atoms with van der Waals surface area (Å²) in [6, 6.07) is 2.70. The fourth-order valence-corrected chi connectivity index (χ4v) is 1.57. The topological polar surface area (TPSA) is 42.1 Å². The van der Waals surface area contributed by atoms with Gasteiger partial charge in [0, 0.05) is 11.6 Å². The van der Waals surface area contributed by atoms with Gasteiger partial charge in [-0.25, -0.2) is 4.39 Å². The third-order valence-electron chi connectivity index (χ3n) is 2.37. The van der Waals surface area contributed by atoms with Crippen molar-refractivity contribution in [3.8, 4) is 5.75 Å². The zero-order valence-corrected chi connectivity index (χ0v) is 10.1. The van der Waals surface area contributed by atoms with Gasteiger partial charge in [-0.05, 0) is 12.1 Å². The van der Waals surface area contributed by atoms with Crippen LogP contribution in [0.5, 0.6) is 5.75 Å². The molecule has 0 bridgehead atoms. The number of carbonyl (C=O) groups excluding carboxylic acids is 1. The number of H-pyrrole nitrogens is 1. The molecule has 0 aliphatic carbocycles. The van der Waals surface area contributed by atoms with Crippen LogP contribution in [0.25, 0.3) is 10.9 Å². The second kappa shape index (κ2) is 4.37. The van der Waals surface area contributed by atoms with Crippen LogP contribution in [0.1, 0.15) is 13.8 Å². The molecule has 1 N–H and O–H groups in total. The molecule has 0 fully saturated rings. The van der Waals surface area contributed by atoms with Crippen LogP contribution in [0.4, 0.5) is 4.39 Å². The van der Waals surface area contributed by atoms with Gasteiger partial charge in [-0.15, -0.1) is 0 Å². The third-order valence-corrected chi connectivity index (χ3v) is 2.66. The van der Waals surface area contributed by atoms with Crippen LogP contribution in [-0.2, 0) is 4.79 Å². The van der Waals surface area contributed by atoms with E-state index in [9.17, 15) is 9.18 Å². The number of aromatic nitrogens is 1. The Kier molecular flexibility index (Phi) is 3.07. The summed E-state index contributed by atoms with van der Waals surface area (Å²) in [5, 5.41) is 0.530. The zero-order chi connectivity index (χ0) is 12.6. The Morgan fingerprint density at radius 1 is 1.47 bits per heavy atom. The minimum Gasteiger partial charge on any atom is -0.424 e. The molecule has 0 saturated carbocycles. The van der Waals surface area contributed by atoms with Gasteiger partial charge in [-0.2, -0.15) is 0 Å². The average Bonchev–Trinajstić information content (AvgIpc) is 2.62. The van der Waals surface area contributed by atoms with Crippen LogP contribution in [0.15, 0.2) is 18.3 Å². The number of carbonyl (C=O) groups is 1. The summed E-state index contributed by atoms with van der Waals surface area (Å²) in [6.07, 6.45) is 1.51. The number of benzene rings is 1. The van der Waals surface area contributed by atoms with Crippen molar-refractivity contribution >= 4 is 28.5 Å². The van der Waals surface area contributed by atoms with E-state index in [1.807, 2.05) is 0 Å². The smallest absolute Gasteiger partial charge is 0.313 e. The zero-order valence-electron chi connectivity index (χ0n) is 9.38. The Morgan fingerprint density at radius 2 is 2.18 bits per heavy atom. The molecule has 0 unspecified atom stereocenters. The summed E-state index contributed by atoms with van der Waals surface area (Å²) in [7, 11) is 0. The lowest BCUT2D eigenvalue weighted by molar-refractivity contribution is -0.137. The van der Waals surface area contributed by atoms with Gasteiger partial charge in [-0.1, -0.05) is 25.4 Å². The summed E-state index contributed by atoms with van der Waals surface area (Å²) >= 11 is 5.65. The van der Waals surface area contributed by atoms with E-state index in [-0.39, 0.29) is 16.9 Å². The summed E-state index contributed by atoms with van der Waals surface area (Å²) in [5.74, 6) is -0.826. The van der Waals surface area contributed by atoms with Crippen molar-refractivity contribution < 1.29 is 13.9 Å². The number of aromatic amines is 1. The molecular weight excluding hydrogens is 245 g/mol. The summed E-state index contributed by atoms with van der Waals surface area (Å²) in [6.45, 7) is 3.46. The second-order valence-corrected chi connectivity index (χ2v) is 4.45. The molecule has 90 valence electrons. The molecule has 2 rings (SSSR count). The molecule has 1 heterocycles. The molecule has 0 aliphatic heterocycles. The highest BCUT2D eigenvalue weighted by Gasteiger charge is 2.14. The van der Waals surface area contributed by atoms with Crippen molar-refractivity contribution in [2.24, 2.45) is 5.92 Å². The molecule has 0 atom stereocenters. The molecule has 0 amide bonds. The van der Waals surface area contributed by atoms with Crippen LogP contribution in [-0.4, -0.2) is 11.0 Å². The van der Waals surface area contributed by atoms with Crippen molar-refractivity contribution in [2.75, 3.05) is 0 Å². The first-order valence-electron chi connectivity index (χ1n) is 5.17. The Balaban J connectivity index is 2.42. The van der Waals surface area contributed by atoms with E-state index in [4.69, 9.17) is 16.3 Å². The molecule has 0 saturated heterocycles. The van der Waals surface area contributed by atoms with Gasteiger partial charge in [-0.3, -0.25) is 4.79 Å². The van der Waals surface area contributed by atoms with Gasteiger partial charge in [0.15, 0.2) is 5.75 Å². The molecule has 0 radical (unpaired) electrons. The van der Waals surface area contributed by atoms with Crippen molar-refractivity contribution in [1.82, 2.24) is 4.98 Å². The Bertz CT molecular complexity index is 577. The first-order chi connectivity index (χ1) is 7.99. The van der Waals surface area contributed by atoms with Gasteiger partial charge in [0.2, 0.25) is 0 Å². The van der Waals surface area contributed by atoms with Gasteiger partial charge in [0.1, 0.15) is 5.82 Å². The first-order valence-corrected chi connectivity index (χ1v) is 5.54. The van der Waals surface area contributed by atoms with Crippen LogP contribution in [0, 0.1) is 11.7 Å². The van der Waals surface area contributed by atoms with Crippen molar-refractivity contribution in [3.63, 3.8) is 0 Å². The Labute approximate surface area is 103 Å². The van der Waals surface area contributed by atoms with Gasteiger partial charge < -0.3 is 9.72 Å². The normalized spacial score (nSPS) is 11.1. The van der Waals surface area contributed by atoms with Crippen molar-refractivity contribution in [2.45, 2.75) is 13.8 Å². The van der Waals surface area contributed by atoms with E-state index in [0.717, 1.165) is 0 Å². The Morgan fingerprint density at radius 3 is 2.82 bits per heavy atom. The van der Waals surface area contributed by atoms with E-state index in [1.54, 1.807) is 13.8 Å². The summed E-state index contributed by atoms with van der Waals surface area (Å²) in [4.78, 5) is 14.3. The monoisotopic (exact) mass is 255 g/mol. The van der Waals surface area contributed by atoms with Crippen LogP contribution in [0.3, 0.4) is 0 Å². The number of rotatable bonds is 2. The van der Waals surface area contributed by atoms with Crippen LogP contribution < -0.4 is 4.74 Å². The minimum atomic E-state index is -0.541. The van der Waals surface area contributed by atoms with E-state index >= 15 is 0 Å². The Hall–Kier alpha value is -1.55. The van der Waals surface area contributed by atoms with Crippen molar-refractivity contribution in [3.05, 3.63) is 29.2 Å². The fraction of sp³-hybridized carbons (Fsp3) is 0.250. The number of hydrogen-bond donors (Lipinski definition) is 1. The van der Waals surface area contributed by atoms with Gasteiger partial charge >= 0.3 is 5.97 Å². The first kappa shape index (κ1) is 11.9. The summed E-state index contributed by atoms with van der Waals surface area (Å²) < 4.78 is 18.5. The van der Waals surface area contributed by atoms with E-state index in [0.29, 0.717) is 16.7 Å². The molecule has 0 aliphatic rings. The molecular formula is C12H11ClFNO2. The number of ether oxygens (including phenoxy) is 1. The molecule has 5 heteroatoms. The lowest BCUT2D eigenvalue weighted by Gasteiger charge is -2.05. The van der Waals surface area contributed by atoms with Gasteiger partial charge in [0.05, 0.1) is 16.5 Å². The largest absolute Gasteiger partial charge is 0.424 e. The van der Waals surface area contributed by atoms with Crippen molar-refractivity contribution in [1.29, 1.82) is 0 Å². The maximum atomic E-state index is 13.3. The summed E-state index contributed by atoms with van der Waals surface area (Å²) in [5.41, 5.74) is 0.628. The fourth-order valence-electron chi connectivity index (χ4n) is 1.40. The van der Waals surface area contributed by atoms with E-state index < -0.39 is 5.82 Å². The third kappa shape index (κ3) is 2.26. The number of hydrogen-bond acceptors (Lipinski definition) is 2. The van der Waals surface area contributed by atoms with Gasteiger partial charge in [0.25, 0.3) is 0 Å². The highest BCUT2D eigenvalue weighted by atomic mass is 35.5. The van der Waals surface area contributed by atoms with E-state index in [1.165, 1.54) is 18.3 Å². The molecule has 1 aromatic heterocycles. The molecule has 1 aromatic carbocycles. The molecule has 3 nitrogen and oxygen atoms in total. The molecule has 17 heavy (non-hydrogen) atoms. The minimum absolute atomic E-state index is 0.0288. The number of nitrogens with one attached hydrogen (secondary N) is 1. The van der Waals surface area contributed by atoms with E-state index in [2.05, 4.69) is 4.98 Å². The maximum Gasteiger partial charge on any atom is 0.313 e. The quantitative estimate of drug-likeness (QED) is 0.835. The molecule has 0 spiro atoms. The predicted molar refractivity (Wildman–Crippen MR) is 63.7 cm³/mol. The SMILES string of the molecule is CC(C)C(=O)Oc1c[nH]c2cc(Cl)c(F)cc12. The number of fused-ring (bicyclic) bond motifs is 1. The predicted octanol–water partition coefficient (Wildman–Crippen LogP) is 3.52.